The number of aryl methyl sites for hydroxylation is 1. The van der Waals surface area contributed by atoms with Gasteiger partial charge >= 0.3 is 0 Å². The quantitative estimate of drug-likeness (QED) is 0.850. The van der Waals surface area contributed by atoms with Crippen molar-refractivity contribution in [1.82, 2.24) is 14.5 Å². The van der Waals surface area contributed by atoms with Gasteiger partial charge in [-0.15, -0.1) is 0 Å². The Labute approximate surface area is 104 Å². The number of nitrogens with one attached hydrogen (secondary N) is 1. The van der Waals surface area contributed by atoms with E-state index in [4.69, 9.17) is 0 Å². The van der Waals surface area contributed by atoms with Crippen molar-refractivity contribution in [2.45, 2.75) is 45.7 Å². The lowest BCUT2D eigenvalue weighted by Gasteiger charge is -2.29. The molecular weight excluding hydrogens is 212 g/mol. The minimum Gasteiger partial charge on any atom is -0.352 e. The molecule has 1 N–H and O–H groups in total. The van der Waals surface area contributed by atoms with Crippen LogP contribution in [-0.2, 0) is 6.54 Å². The Bertz CT molecular complexity index is 328. The number of piperidine rings is 1. The third kappa shape index (κ3) is 3.46. The lowest BCUT2D eigenvalue weighted by molar-refractivity contribution is 0.223. The number of hydrogen-bond donors (Lipinski definition) is 1. The molecule has 1 aliphatic heterocycles. The van der Waals surface area contributed by atoms with E-state index in [1.54, 1.807) is 0 Å². The fraction of sp³-hybridized carbons (Fsp3) is 0.769. The van der Waals surface area contributed by atoms with Gasteiger partial charge in [0.15, 0.2) is 0 Å². The second-order valence-corrected chi connectivity index (χ2v) is 4.94. The summed E-state index contributed by atoms with van der Waals surface area (Å²) in [4.78, 5) is 6.91. The molecule has 96 valence electrons. The Balaban J connectivity index is 1.82. The van der Waals surface area contributed by atoms with Crippen LogP contribution < -0.4 is 5.32 Å². The summed E-state index contributed by atoms with van der Waals surface area (Å²) >= 11 is 0. The van der Waals surface area contributed by atoms with Gasteiger partial charge in [-0.3, -0.25) is 0 Å². The highest BCUT2D eigenvalue weighted by molar-refractivity contribution is 5.27. The molecule has 0 saturated carbocycles. The molecule has 0 amide bonds. The third-order valence-corrected chi connectivity index (χ3v) is 3.41. The fourth-order valence-corrected chi connectivity index (χ4v) is 2.50. The van der Waals surface area contributed by atoms with Crippen molar-refractivity contribution in [3.8, 4) is 0 Å². The highest BCUT2D eigenvalue weighted by Gasteiger charge is 2.14. The number of hydrogen-bond acceptors (Lipinski definition) is 3. The Morgan fingerprint density at radius 2 is 2.12 bits per heavy atom. The number of imidazole rings is 1. The summed E-state index contributed by atoms with van der Waals surface area (Å²) in [5.74, 6) is 0.997. The van der Waals surface area contributed by atoms with Crippen LogP contribution in [0.2, 0.25) is 0 Å². The number of nitrogens with zero attached hydrogens (tertiary/aromatic N) is 3. The largest absolute Gasteiger partial charge is 0.352 e. The maximum absolute atomic E-state index is 4.35. The van der Waals surface area contributed by atoms with Crippen LogP contribution in [0.5, 0.6) is 0 Å². The molecule has 4 nitrogen and oxygen atoms in total. The zero-order chi connectivity index (χ0) is 12.1. The van der Waals surface area contributed by atoms with Gasteiger partial charge in [0, 0.05) is 31.5 Å². The normalized spacial score (nSPS) is 19.2. The van der Waals surface area contributed by atoms with E-state index in [0.29, 0.717) is 6.04 Å². The first kappa shape index (κ1) is 12.4. The average molecular weight is 236 g/mol. The van der Waals surface area contributed by atoms with E-state index in [0.717, 1.165) is 19.0 Å². The number of likely N-dealkylation sites (tertiary alicyclic amines) is 1. The summed E-state index contributed by atoms with van der Waals surface area (Å²) in [5, 5.41) is 3.50. The van der Waals surface area contributed by atoms with E-state index in [2.05, 4.69) is 33.6 Å². The van der Waals surface area contributed by atoms with E-state index in [1.807, 2.05) is 12.4 Å². The van der Waals surface area contributed by atoms with Gasteiger partial charge < -0.3 is 14.8 Å². The molecule has 0 aromatic carbocycles. The molecule has 2 rings (SSSR count). The Morgan fingerprint density at radius 3 is 2.82 bits per heavy atom. The SMILES string of the molecule is CCn1ccnc1NC(C)CN1CCCCC1. The minimum atomic E-state index is 0.459. The van der Waals surface area contributed by atoms with Gasteiger partial charge in [0.2, 0.25) is 5.95 Å². The molecule has 1 aromatic rings. The molecule has 1 fully saturated rings. The summed E-state index contributed by atoms with van der Waals surface area (Å²) in [6.07, 6.45) is 8.00. The predicted octanol–water partition coefficient (Wildman–Crippen LogP) is 2.19. The first-order valence-electron chi connectivity index (χ1n) is 6.79. The van der Waals surface area contributed by atoms with E-state index >= 15 is 0 Å². The maximum atomic E-state index is 4.35. The third-order valence-electron chi connectivity index (χ3n) is 3.41. The van der Waals surface area contributed by atoms with E-state index < -0.39 is 0 Å². The molecular formula is C13H24N4. The summed E-state index contributed by atoms with van der Waals surface area (Å²) in [6.45, 7) is 8.99. The minimum absolute atomic E-state index is 0.459. The zero-order valence-electron chi connectivity index (χ0n) is 11.0. The maximum Gasteiger partial charge on any atom is 0.203 e. The van der Waals surface area contributed by atoms with Gasteiger partial charge in [0.1, 0.15) is 0 Å². The number of anilines is 1. The van der Waals surface area contributed by atoms with E-state index in [-0.39, 0.29) is 0 Å². The van der Waals surface area contributed by atoms with Gasteiger partial charge in [-0.1, -0.05) is 6.42 Å². The molecule has 0 radical (unpaired) electrons. The lowest BCUT2D eigenvalue weighted by atomic mass is 10.1. The van der Waals surface area contributed by atoms with Gasteiger partial charge in [0.05, 0.1) is 0 Å². The van der Waals surface area contributed by atoms with Crippen LogP contribution >= 0.6 is 0 Å². The molecule has 2 heterocycles. The topological polar surface area (TPSA) is 33.1 Å². The van der Waals surface area contributed by atoms with Gasteiger partial charge in [-0.2, -0.15) is 0 Å². The Kier molecular flexibility index (Phi) is 4.42. The highest BCUT2D eigenvalue weighted by Crippen LogP contribution is 2.11. The van der Waals surface area contributed by atoms with Crippen LogP contribution in [0.3, 0.4) is 0 Å². The second kappa shape index (κ2) is 6.05. The van der Waals surface area contributed by atoms with Crippen LogP contribution in [0.25, 0.3) is 0 Å². The molecule has 1 saturated heterocycles. The summed E-state index contributed by atoms with van der Waals surface area (Å²) in [6, 6.07) is 0.459. The van der Waals surface area contributed by atoms with Crippen LogP contribution in [-0.4, -0.2) is 40.1 Å². The molecule has 4 heteroatoms. The average Bonchev–Trinajstić information content (AvgIpc) is 2.77. The van der Waals surface area contributed by atoms with Crippen molar-refractivity contribution < 1.29 is 0 Å². The fourth-order valence-electron chi connectivity index (χ4n) is 2.50. The molecule has 1 atom stereocenters. The number of aromatic nitrogens is 2. The van der Waals surface area contributed by atoms with Gasteiger partial charge in [0.25, 0.3) is 0 Å². The molecule has 0 spiro atoms. The van der Waals surface area contributed by atoms with Crippen molar-refractivity contribution in [2.75, 3.05) is 25.0 Å². The molecule has 17 heavy (non-hydrogen) atoms. The molecule has 1 aromatic heterocycles. The first-order valence-corrected chi connectivity index (χ1v) is 6.79. The van der Waals surface area contributed by atoms with Crippen LogP contribution in [0.1, 0.15) is 33.1 Å². The van der Waals surface area contributed by atoms with Crippen molar-refractivity contribution in [1.29, 1.82) is 0 Å². The monoisotopic (exact) mass is 236 g/mol. The summed E-state index contributed by atoms with van der Waals surface area (Å²) in [5.41, 5.74) is 0. The van der Waals surface area contributed by atoms with Crippen molar-refractivity contribution in [3.63, 3.8) is 0 Å². The molecule has 0 bridgehead atoms. The van der Waals surface area contributed by atoms with Crippen molar-refractivity contribution in [2.24, 2.45) is 0 Å². The Hall–Kier alpha value is -1.03. The van der Waals surface area contributed by atoms with Gasteiger partial charge in [-0.05, 0) is 39.8 Å². The molecule has 1 unspecified atom stereocenters. The van der Waals surface area contributed by atoms with Crippen molar-refractivity contribution >= 4 is 5.95 Å². The van der Waals surface area contributed by atoms with Gasteiger partial charge in [-0.25, -0.2) is 4.98 Å². The predicted molar refractivity (Wildman–Crippen MR) is 71.3 cm³/mol. The second-order valence-electron chi connectivity index (χ2n) is 4.94. The zero-order valence-corrected chi connectivity index (χ0v) is 11.0. The van der Waals surface area contributed by atoms with Crippen LogP contribution in [0, 0.1) is 0 Å². The smallest absolute Gasteiger partial charge is 0.203 e. The van der Waals surface area contributed by atoms with Crippen LogP contribution in [0.15, 0.2) is 12.4 Å². The summed E-state index contributed by atoms with van der Waals surface area (Å²) in [7, 11) is 0. The van der Waals surface area contributed by atoms with Crippen LogP contribution in [0.4, 0.5) is 5.95 Å². The first-order chi connectivity index (χ1) is 8.29. The van der Waals surface area contributed by atoms with Crippen molar-refractivity contribution in [3.05, 3.63) is 12.4 Å². The standard InChI is InChI=1S/C13H24N4/c1-3-17-10-7-14-13(17)15-12(2)11-16-8-5-4-6-9-16/h7,10,12H,3-6,8-9,11H2,1-2H3,(H,14,15). The van der Waals surface area contributed by atoms with E-state index in [9.17, 15) is 0 Å². The molecule has 1 aliphatic rings. The highest BCUT2D eigenvalue weighted by atomic mass is 15.2. The Morgan fingerprint density at radius 1 is 1.35 bits per heavy atom. The lowest BCUT2D eigenvalue weighted by Crippen LogP contribution is -2.38. The number of rotatable bonds is 5. The van der Waals surface area contributed by atoms with E-state index in [1.165, 1.54) is 32.4 Å². The summed E-state index contributed by atoms with van der Waals surface area (Å²) < 4.78 is 2.15. The molecule has 0 aliphatic carbocycles.